The van der Waals surface area contributed by atoms with Crippen LogP contribution in [0.25, 0.3) is 5.69 Å². The molecule has 0 unspecified atom stereocenters. The lowest BCUT2D eigenvalue weighted by Gasteiger charge is -2.06. The molecule has 2 rings (SSSR count). The highest BCUT2D eigenvalue weighted by Crippen LogP contribution is 2.27. The van der Waals surface area contributed by atoms with Crippen LogP contribution >= 0.6 is 11.3 Å². The lowest BCUT2D eigenvalue weighted by atomic mass is 10.2. The summed E-state index contributed by atoms with van der Waals surface area (Å²) >= 11 is 0.782. The number of hydrogen-bond acceptors (Lipinski definition) is 8. The number of nitro groups is 1. The minimum Gasteiger partial charge on any atom is -0.494 e. The Morgan fingerprint density at radius 2 is 2.17 bits per heavy atom. The van der Waals surface area contributed by atoms with Crippen molar-refractivity contribution in [1.29, 1.82) is 5.41 Å². The number of nitrogens with one attached hydrogen (secondary N) is 1. The summed E-state index contributed by atoms with van der Waals surface area (Å²) < 4.78 is 11.1. The fraction of sp³-hybridized carbons (Fsp3) is 0.308. The minimum absolute atomic E-state index is 0.0416. The van der Waals surface area contributed by atoms with Gasteiger partial charge < -0.3 is 9.47 Å². The lowest BCUT2D eigenvalue weighted by molar-refractivity contribution is -0.384. The molecule has 0 saturated heterocycles. The first-order valence-corrected chi connectivity index (χ1v) is 7.53. The third-order valence-electron chi connectivity index (χ3n) is 2.71. The van der Waals surface area contributed by atoms with Gasteiger partial charge in [0.2, 0.25) is 9.81 Å². The summed E-state index contributed by atoms with van der Waals surface area (Å²) in [6.07, 6.45) is 0. The van der Waals surface area contributed by atoms with Crippen LogP contribution < -0.4 is 9.54 Å². The van der Waals surface area contributed by atoms with Gasteiger partial charge in [0.15, 0.2) is 0 Å². The molecule has 1 aromatic heterocycles. The predicted molar refractivity (Wildman–Crippen MR) is 81.1 cm³/mol. The number of nitro benzene ring substituents is 1. The Balaban J connectivity index is 2.51. The number of rotatable bonds is 6. The number of hydrogen-bond donors (Lipinski definition) is 1. The smallest absolute Gasteiger partial charge is 0.369 e. The van der Waals surface area contributed by atoms with Crippen molar-refractivity contribution in [2.75, 3.05) is 13.2 Å². The van der Waals surface area contributed by atoms with E-state index in [-0.39, 0.29) is 27.8 Å². The molecule has 10 heteroatoms. The zero-order valence-corrected chi connectivity index (χ0v) is 13.3. The highest BCUT2D eigenvalue weighted by molar-refractivity contribution is 7.10. The normalized spacial score (nSPS) is 10.3. The fourth-order valence-corrected chi connectivity index (χ4v) is 2.49. The van der Waals surface area contributed by atoms with Crippen molar-refractivity contribution in [3.8, 4) is 11.4 Å². The Morgan fingerprint density at radius 1 is 1.43 bits per heavy atom. The molecule has 0 atom stereocenters. The van der Waals surface area contributed by atoms with E-state index >= 15 is 0 Å². The topological polar surface area (TPSA) is 120 Å². The Bertz CT molecular complexity index is 798. The van der Waals surface area contributed by atoms with Gasteiger partial charge in [0.05, 0.1) is 24.2 Å². The molecule has 1 heterocycles. The lowest BCUT2D eigenvalue weighted by Crippen LogP contribution is -2.14. The number of esters is 1. The first-order chi connectivity index (χ1) is 11.0. The highest BCUT2D eigenvalue weighted by atomic mass is 32.1. The maximum atomic E-state index is 11.7. The van der Waals surface area contributed by atoms with Crippen molar-refractivity contribution >= 4 is 23.0 Å². The summed E-state index contributed by atoms with van der Waals surface area (Å²) in [5, 5.41) is 23.1. The summed E-state index contributed by atoms with van der Waals surface area (Å²) in [6.45, 7) is 3.97. The van der Waals surface area contributed by atoms with Crippen LogP contribution in [-0.4, -0.2) is 33.9 Å². The highest BCUT2D eigenvalue weighted by Gasteiger charge is 2.21. The van der Waals surface area contributed by atoms with Gasteiger partial charge in [-0.2, -0.15) is 4.68 Å². The van der Waals surface area contributed by atoms with E-state index in [1.807, 2.05) is 0 Å². The third-order valence-corrected chi connectivity index (χ3v) is 3.52. The maximum absolute atomic E-state index is 11.7. The summed E-state index contributed by atoms with van der Waals surface area (Å²) in [5.41, 5.74) is -0.189. The molecule has 0 saturated carbocycles. The summed E-state index contributed by atoms with van der Waals surface area (Å²) in [5.74, 6) is -0.325. The van der Waals surface area contributed by atoms with E-state index in [9.17, 15) is 14.9 Å². The van der Waals surface area contributed by atoms with Gasteiger partial charge in [-0.1, -0.05) is 11.3 Å². The molecular formula is C13H14N4O5S. The van der Waals surface area contributed by atoms with Gasteiger partial charge >= 0.3 is 5.97 Å². The number of carbonyl (C=O) groups is 1. The molecule has 0 aliphatic carbocycles. The van der Waals surface area contributed by atoms with Gasteiger partial charge in [-0.05, 0) is 26.0 Å². The quantitative estimate of drug-likeness (QED) is 0.488. The molecule has 0 radical (unpaired) electrons. The van der Waals surface area contributed by atoms with Crippen LogP contribution in [0.15, 0.2) is 18.2 Å². The molecule has 1 aromatic carbocycles. The van der Waals surface area contributed by atoms with E-state index in [0.717, 1.165) is 16.0 Å². The van der Waals surface area contributed by atoms with Crippen LogP contribution in [-0.2, 0) is 4.74 Å². The summed E-state index contributed by atoms with van der Waals surface area (Å²) in [4.78, 5) is 22.2. The Morgan fingerprint density at radius 3 is 2.78 bits per heavy atom. The molecule has 23 heavy (non-hydrogen) atoms. The maximum Gasteiger partial charge on any atom is 0.369 e. The Kier molecular flexibility index (Phi) is 5.06. The average Bonchev–Trinajstić information content (AvgIpc) is 2.90. The third kappa shape index (κ3) is 3.54. The van der Waals surface area contributed by atoms with Gasteiger partial charge in [0.1, 0.15) is 11.4 Å². The molecule has 122 valence electrons. The molecule has 9 nitrogen and oxygen atoms in total. The Hall–Kier alpha value is -2.75. The van der Waals surface area contributed by atoms with Gasteiger partial charge in [-0.3, -0.25) is 15.5 Å². The monoisotopic (exact) mass is 338 g/mol. The zero-order valence-electron chi connectivity index (χ0n) is 12.4. The van der Waals surface area contributed by atoms with Crippen molar-refractivity contribution in [1.82, 2.24) is 9.78 Å². The molecule has 2 aromatic rings. The summed E-state index contributed by atoms with van der Waals surface area (Å²) in [6, 6.07) is 4.23. The molecule has 0 aliphatic rings. The molecule has 0 fully saturated rings. The average molecular weight is 338 g/mol. The molecule has 0 spiro atoms. The molecule has 0 aliphatic heterocycles. The van der Waals surface area contributed by atoms with Gasteiger partial charge in [-0.25, -0.2) is 4.79 Å². The van der Waals surface area contributed by atoms with E-state index in [1.54, 1.807) is 19.9 Å². The largest absolute Gasteiger partial charge is 0.494 e. The molecule has 0 amide bonds. The van der Waals surface area contributed by atoms with Crippen LogP contribution in [0.2, 0.25) is 0 Å². The fourth-order valence-electron chi connectivity index (χ4n) is 1.82. The second-order valence-electron chi connectivity index (χ2n) is 4.19. The number of benzene rings is 1. The van der Waals surface area contributed by atoms with Crippen LogP contribution in [0.4, 0.5) is 5.69 Å². The number of nitrogens with zero attached hydrogens (tertiary/aromatic N) is 3. The first-order valence-electron chi connectivity index (χ1n) is 6.71. The van der Waals surface area contributed by atoms with Crippen molar-refractivity contribution in [3.05, 3.63) is 38.1 Å². The minimum atomic E-state index is -0.668. The second-order valence-corrected chi connectivity index (χ2v) is 5.16. The van der Waals surface area contributed by atoms with Crippen molar-refractivity contribution in [2.24, 2.45) is 0 Å². The van der Waals surface area contributed by atoms with Crippen molar-refractivity contribution < 1.29 is 19.2 Å². The molecule has 0 bridgehead atoms. The van der Waals surface area contributed by atoms with E-state index < -0.39 is 10.9 Å². The van der Waals surface area contributed by atoms with Crippen LogP contribution in [0.3, 0.4) is 0 Å². The summed E-state index contributed by atoms with van der Waals surface area (Å²) in [7, 11) is 0. The molecule has 1 N–H and O–H groups in total. The zero-order chi connectivity index (χ0) is 17.0. The van der Waals surface area contributed by atoms with Gasteiger partial charge in [0.25, 0.3) is 5.69 Å². The predicted octanol–water partition coefficient (Wildman–Crippen LogP) is 1.90. The van der Waals surface area contributed by atoms with E-state index in [0.29, 0.717) is 12.4 Å². The van der Waals surface area contributed by atoms with Crippen molar-refractivity contribution in [2.45, 2.75) is 13.8 Å². The number of ether oxygens (including phenoxy) is 2. The van der Waals surface area contributed by atoms with E-state index in [1.165, 1.54) is 12.1 Å². The second kappa shape index (κ2) is 7.01. The van der Waals surface area contributed by atoms with E-state index in [2.05, 4.69) is 5.10 Å². The van der Waals surface area contributed by atoms with Gasteiger partial charge in [-0.15, -0.1) is 5.10 Å². The first kappa shape index (κ1) is 16.6. The Labute approximate surface area is 134 Å². The van der Waals surface area contributed by atoms with Crippen LogP contribution in [0, 0.1) is 15.5 Å². The molecular weight excluding hydrogens is 324 g/mol. The number of carbonyl (C=O) groups excluding carboxylic acids is 1. The standard InChI is InChI=1S/C13H14N4O5S/c1-3-21-8-5-6-9(10(7-8)17(19)20)16-13(14)23-11(15-16)12(18)22-4-2/h5-7,14H,3-4H2,1-2H3. The van der Waals surface area contributed by atoms with Crippen LogP contribution in [0.5, 0.6) is 5.75 Å². The van der Waals surface area contributed by atoms with E-state index in [4.69, 9.17) is 14.9 Å². The SMILES string of the molecule is CCOC(=O)c1nn(-c2ccc(OCC)cc2[N+](=O)[O-])c(=N)s1. The van der Waals surface area contributed by atoms with Gasteiger partial charge in [0, 0.05) is 0 Å². The number of aromatic nitrogens is 2. The van der Waals surface area contributed by atoms with Crippen molar-refractivity contribution in [3.63, 3.8) is 0 Å². The van der Waals surface area contributed by atoms with Crippen LogP contribution in [0.1, 0.15) is 23.6 Å².